The molecule has 0 spiro atoms. The Morgan fingerprint density at radius 2 is 1.97 bits per heavy atom. The van der Waals surface area contributed by atoms with E-state index in [9.17, 15) is 9.90 Å². The summed E-state index contributed by atoms with van der Waals surface area (Å²) < 4.78 is 0. The highest BCUT2D eigenvalue weighted by Crippen LogP contribution is 2.31. The van der Waals surface area contributed by atoms with Crippen LogP contribution < -0.4 is 0 Å². The van der Waals surface area contributed by atoms with Gasteiger partial charge in [-0.25, -0.2) is 4.98 Å². The summed E-state index contributed by atoms with van der Waals surface area (Å²) in [6.45, 7) is 5.27. The number of hydrogen-bond donors (Lipinski definition) is 2. The molecular weight excluding hydrogens is 376 g/mol. The van der Waals surface area contributed by atoms with Gasteiger partial charge in [-0.2, -0.15) is 5.26 Å². The van der Waals surface area contributed by atoms with Crippen molar-refractivity contribution in [2.24, 2.45) is 0 Å². The van der Waals surface area contributed by atoms with Crippen LogP contribution in [0.15, 0.2) is 42.5 Å². The molecule has 30 heavy (non-hydrogen) atoms. The zero-order valence-electron chi connectivity index (χ0n) is 17.1. The number of likely N-dealkylation sites (tertiary alicyclic amines) is 1. The Labute approximate surface area is 175 Å². The third kappa shape index (κ3) is 3.72. The summed E-state index contributed by atoms with van der Waals surface area (Å²) in [4.78, 5) is 22.7. The van der Waals surface area contributed by atoms with Crippen molar-refractivity contribution in [2.45, 2.75) is 26.2 Å². The quantitative estimate of drug-likeness (QED) is 0.687. The summed E-state index contributed by atoms with van der Waals surface area (Å²) in [7, 11) is 0. The van der Waals surface area contributed by atoms with Gasteiger partial charge < -0.3 is 15.0 Å². The monoisotopic (exact) mass is 400 g/mol. The van der Waals surface area contributed by atoms with Crippen molar-refractivity contribution >= 4 is 5.91 Å². The van der Waals surface area contributed by atoms with Gasteiger partial charge in [0.1, 0.15) is 5.82 Å². The number of H-pyrrole nitrogens is 1. The lowest BCUT2D eigenvalue weighted by Gasteiger charge is -2.39. The summed E-state index contributed by atoms with van der Waals surface area (Å²) in [5.74, 6) is 1.10. The number of rotatable bonds is 5. The molecular formula is C24H24N4O2. The van der Waals surface area contributed by atoms with Crippen LogP contribution in [0.2, 0.25) is 0 Å². The molecule has 1 aromatic heterocycles. The van der Waals surface area contributed by atoms with Crippen molar-refractivity contribution in [1.82, 2.24) is 14.9 Å². The van der Waals surface area contributed by atoms with Crippen LogP contribution in [0.4, 0.5) is 0 Å². The third-order valence-corrected chi connectivity index (χ3v) is 5.68. The lowest BCUT2D eigenvalue weighted by Crippen LogP contribution is -2.48. The van der Waals surface area contributed by atoms with Crippen molar-refractivity contribution in [3.63, 3.8) is 0 Å². The maximum absolute atomic E-state index is 13.0. The molecule has 152 valence electrons. The number of imidazole rings is 1. The molecule has 0 atom stereocenters. The summed E-state index contributed by atoms with van der Waals surface area (Å²) >= 11 is 0. The number of amides is 1. The Balaban J connectivity index is 1.52. The Hall–Kier alpha value is -3.43. The van der Waals surface area contributed by atoms with E-state index >= 15 is 0 Å². The van der Waals surface area contributed by atoms with E-state index in [-0.39, 0.29) is 12.5 Å². The largest absolute Gasteiger partial charge is 0.396 e. The molecule has 1 saturated heterocycles. The second kappa shape index (κ2) is 8.13. The van der Waals surface area contributed by atoms with Gasteiger partial charge in [-0.05, 0) is 49.2 Å². The van der Waals surface area contributed by atoms with Gasteiger partial charge in [0.15, 0.2) is 0 Å². The van der Waals surface area contributed by atoms with E-state index in [0.717, 1.165) is 33.9 Å². The molecule has 6 nitrogen and oxygen atoms in total. The average Bonchev–Trinajstić information content (AvgIpc) is 3.08. The maximum Gasteiger partial charge on any atom is 0.253 e. The number of nitrogens with one attached hydrogen (secondary N) is 1. The van der Waals surface area contributed by atoms with Crippen molar-refractivity contribution in [3.8, 4) is 17.3 Å². The number of hydrogen-bond acceptors (Lipinski definition) is 4. The number of carbonyl (C=O) groups is 1. The smallest absolute Gasteiger partial charge is 0.253 e. The second-order valence-electron chi connectivity index (χ2n) is 7.79. The molecule has 0 unspecified atom stereocenters. The van der Waals surface area contributed by atoms with Crippen molar-refractivity contribution < 1.29 is 9.90 Å². The number of aliphatic hydroxyl groups excluding tert-OH is 1. The summed E-state index contributed by atoms with van der Waals surface area (Å²) in [5, 5.41) is 18.3. The Kier molecular flexibility index (Phi) is 5.39. The SMILES string of the molecule is Cc1nc(-c2cc(C(=O)N3CC(c4ccc(C#N)cc4)C3)ccc2C)c(CCO)[nH]1. The van der Waals surface area contributed by atoms with Gasteiger partial charge in [-0.1, -0.05) is 18.2 Å². The van der Waals surface area contributed by atoms with Crippen LogP contribution in [0.25, 0.3) is 11.3 Å². The Morgan fingerprint density at radius 1 is 1.23 bits per heavy atom. The molecule has 0 saturated carbocycles. The van der Waals surface area contributed by atoms with Crippen LogP contribution in [0, 0.1) is 25.2 Å². The van der Waals surface area contributed by atoms with E-state index in [0.29, 0.717) is 36.6 Å². The lowest BCUT2D eigenvalue weighted by molar-refractivity contribution is 0.0602. The van der Waals surface area contributed by atoms with Crippen LogP contribution in [-0.4, -0.2) is 45.6 Å². The Bertz CT molecular complexity index is 1120. The van der Waals surface area contributed by atoms with Gasteiger partial charge in [0.05, 0.1) is 17.3 Å². The molecule has 1 aliphatic heterocycles. The summed E-state index contributed by atoms with van der Waals surface area (Å²) in [6, 6.07) is 15.4. The van der Waals surface area contributed by atoms with Gasteiger partial charge in [0, 0.05) is 48.9 Å². The fourth-order valence-electron chi connectivity index (χ4n) is 3.93. The molecule has 6 heteroatoms. The minimum atomic E-state index is 0.0112. The molecule has 0 aliphatic carbocycles. The number of aryl methyl sites for hydroxylation is 2. The van der Waals surface area contributed by atoms with Crippen LogP contribution in [0.5, 0.6) is 0 Å². The minimum absolute atomic E-state index is 0.0112. The molecule has 2 aromatic carbocycles. The van der Waals surface area contributed by atoms with Crippen molar-refractivity contribution in [3.05, 3.63) is 76.2 Å². The number of aliphatic hydroxyl groups is 1. The predicted molar refractivity (Wildman–Crippen MR) is 114 cm³/mol. The molecule has 0 bridgehead atoms. The lowest BCUT2D eigenvalue weighted by atomic mass is 9.90. The van der Waals surface area contributed by atoms with Crippen LogP contribution >= 0.6 is 0 Å². The highest BCUT2D eigenvalue weighted by molar-refractivity contribution is 5.96. The van der Waals surface area contributed by atoms with Crippen LogP contribution in [0.3, 0.4) is 0 Å². The van der Waals surface area contributed by atoms with Crippen molar-refractivity contribution in [1.29, 1.82) is 5.26 Å². The summed E-state index contributed by atoms with van der Waals surface area (Å²) in [6.07, 6.45) is 0.492. The first kappa shape index (κ1) is 19.9. The second-order valence-corrected chi connectivity index (χ2v) is 7.79. The Morgan fingerprint density at radius 3 is 2.63 bits per heavy atom. The van der Waals surface area contributed by atoms with Gasteiger partial charge in [-0.3, -0.25) is 4.79 Å². The van der Waals surface area contributed by atoms with Crippen molar-refractivity contribution in [2.75, 3.05) is 19.7 Å². The van der Waals surface area contributed by atoms with E-state index < -0.39 is 0 Å². The van der Waals surface area contributed by atoms with Gasteiger partial charge in [-0.15, -0.1) is 0 Å². The molecule has 1 aliphatic rings. The number of benzene rings is 2. The highest BCUT2D eigenvalue weighted by atomic mass is 16.3. The van der Waals surface area contributed by atoms with Crippen LogP contribution in [0.1, 0.15) is 44.5 Å². The van der Waals surface area contributed by atoms with E-state index in [1.807, 2.05) is 61.2 Å². The number of carbonyl (C=O) groups excluding carboxylic acids is 1. The van der Waals surface area contributed by atoms with Crippen LogP contribution in [-0.2, 0) is 6.42 Å². The fraction of sp³-hybridized carbons (Fsp3) is 0.292. The molecule has 2 heterocycles. The molecule has 4 rings (SSSR count). The number of nitrogens with zero attached hydrogens (tertiary/aromatic N) is 3. The third-order valence-electron chi connectivity index (χ3n) is 5.68. The first-order valence-corrected chi connectivity index (χ1v) is 10.1. The maximum atomic E-state index is 13.0. The van der Waals surface area contributed by atoms with Gasteiger partial charge in [0.2, 0.25) is 0 Å². The first-order chi connectivity index (χ1) is 14.5. The molecule has 3 aromatic rings. The molecule has 0 radical (unpaired) electrons. The standard InChI is InChI=1S/C24H24N4O2/c1-15-3-6-19(11-21(15)23-22(9-10-29)26-16(2)27-23)24(30)28-13-20(14-28)18-7-4-17(12-25)5-8-18/h3-8,11,20,29H,9-10,13-14H2,1-2H3,(H,26,27). The fourth-order valence-corrected chi connectivity index (χ4v) is 3.93. The number of nitriles is 1. The average molecular weight is 400 g/mol. The zero-order valence-corrected chi connectivity index (χ0v) is 17.1. The highest BCUT2D eigenvalue weighted by Gasteiger charge is 2.32. The number of aromatic nitrogens is 2. The minimum Gasteiger partial charge on any atom is -0.396 e. The van der Waals surface area contributed by atoms with E-state index in [4.69, 9.17) is 5.26 Å². The first-order valence-electron chi connectivity index (χ1n) is 10.1. The zero-order chi connectivity index (χ0) is 21.3. The molecule has 1 fully saturated rings. The van der Waals surface area contributed by atoms with Gasteiger partial charge >= 0.3 is 0 Å². The summed E-state index contributed by atoms with van der Waals surface area (Å²) in [5.41, 5.74) is 6.08. The molecule has 2 N–H and O–H groups in total. The van der Waals surface area contributed by atoms with E-state index in [2.05, 4.69) is 16.0 Å². The normalized spacial score (nSPS) is 13.7. The number of aromatic amines is 1. The topological polar surface area (TPSA) is 93.0 Å². The van der Waals surface area contributed by atoms with E-state index in [1.165, 1.54) is 0 Å². The predicted octanol–water partition coefficient (Wildman–Crippen LogP) is 3.34. The van der Waals surface area contributed by atoms with Gasteiger partial charge in [0.25, 0.3) is 5.91 Å². The van der Waals surface area contributed by atoms with E-state index in [1.54, 1.807) is 0 Å². The molecule has 1 amide bonds.